The predicted molar refractivity (Wildman–Crippen MR) is 116 cm³/mol. The average molecular weight is 407 g/mol. The van der Waals surface area contributed by atoms with Gasteiger partial charge in [-0.2, -0.15) is 0 Å². The highest BCUT2D eigenvalue weighted by molar-refractivity contribution is 7.15. The van der Waals surface area contributed by atoms with Crippen LogP contribution in [-0.2, 0) is 24.7 Å². The van der Waals surface area contributed by atoms with Crippen molar-refractivity contribution in [3.05, 3.63) is 70.9 Å². The lowest BCUT2D eigenvalue weighted by atomic mass is 10.1. The molecule has 0 unspecified atom stereocenters. The smallest absolute Gasteiger partial charge is 0.226 e. The predicted octanol–water partition coefficient (Wildman–Crippen LogP) is 4.20. The summed E-state index contributed by atoms with van der Waals surface area (Å²) >= 11 is 1.42. The van der Waals surface area contributed by atoms with E-state index in [1.54, 1.807) is 7.11 Å². The van der Waals surface area contributed by atoms with Crippen LogP contribution in [0.2, 0.25) is 0 Å². The molecule has 2 heterocycles. The molecule has 2 aromatic carbocycles. The molecule has 0 spiro atoms. The Morgan fingerprint density at radius 3 is 2.72 bits per heavy atom. The largest absolute Gasteiger partial charge is 0.497 e. The number of aromatic nitrogens is 3. The molecule has 4 rings (SSSR count). The summed E-state index contributed by atoms with van der Waals surface area (Å²) in [4.78, 5) is 12.3. The van der Waals surface area contributed by atoms with E-state index >= 15 is 0 Å². The van der Waals surface area contributed by atoms with Gasteiger partial charge >= 0.3 is 0 Å². The van der Waals surface area contributed by atoms with Crippen molar-refractivity contribution in [2.75, 3.05) is 12.4 Å². The van der Waals surface area contributed by atoms with Crippen LogP contribution in [0.25, 0.3) is 10.9 Å². The first-order chi connectivity index (χ1) is 14.1. The van der Waals surface area contributed by atoms with Gasteiger partial charge in [-0.05, 0) is 35.7 Å². The van der Waals surface area contributed by atoms with Gasteiger partial charge in [0, 0.05) is 37.0 Å². The number of nitrogens with zero attached hydrogens (tertiary/aromatic N) is 3. The van der Waals surface area contributed by atoms with E-state index in [9.17, 15) is 4.79 Å². The van der Waals surface area contributed by atoms with Crippen LogP contribution in [0, 0.1) is 0 Å². The lowest BCUT2D eigenvalue weighted by molar-refractivity contribution is -0.116. The number of benzene rings is 2. The number of carbonyl (C=O) groups excluding carboxylic acids is 1. The van der Waals surface area contributed by atoms with Crippen LogP contribution in [0.3, 0.4) is 0 Å². The first-order valence-electron chi connectivity index (χ1n) is 9.40. The molecule has 0 aliphatic rings. The van der Waals surface area contributed by atoms with Crippen LogP contribution >= 0.6 is 11.3 Å². The number of hydrogen-bond donors (Lipinski definition) is 1. The SMILES string of the molecule is COc1ccc(CCC(=O)Nc2nnc(Cc3cn(C)c4ccccc34)s2)cc1. The molecule has 0 fully saturated rings. The molecule has 0 radical (unpaired) electrons. The van der Waals surface area contributed by atoms with E-state index in [2.05, 4.69) is 38.4 Å². The number of hydrogen-bond acceptors (Lipinski definition) is 5. The van der Waals surface area contributed by atoms with Crippen molar-refractivity contribution in [1.82, 2.24) is 14.8 Å². The van der Waals surface area contributed by atoms with Crippen LogP contribution in [0.1, 0.15) is 22.6 Å². The summed E-state index contributed by atoms with van der Waals surface area (Å²) < 4.78 is 7.27. The summed E-state index contributed by atoms with van der Waals surface area (Å²) in [6.07, 6.45) is 3.88. The number of nitrogens with one attached hydrogen (secondary N) is 1. The Morgan fingerprint density at radius 2 is 1.93 bits per heavy atom. The monoisotopic (exact) mass is 406 g/mol. The van der Waals surface area contributed by atoms with Crippen LogP contribution in [0.15, 0.2) is 54.7 Å². The molecule has 6 nitrogen and oxygen atoms in total. The fraction of sp³-hybridized carbons (Fsp3) is 0.227. The Hall–Kier alpha value is -3.19. The molecule has 7 heteroatoms. The summed E-state index contributed by atoms with van der Waals surface area (Å²) in [7, 11) is 3.68. The number of ether oxygens (including phenoxy) is 1. The first kappa shape index (κ1) is 19.1. The summed E-state index contributed by atoms with van der Waals surface area (Å²) in [5, 5.41) is 13.9. The Balaban J connectivity index is 1.35. The molecule has 29 heavy (non-hydrogen) atoms. The van der Waals surface area contributed by atoms with Gasteiger partial charge in [0.1, 0.15) is 10.8 Å². The Bertz CT molecular complexity index is 1130. The van der Waals surface area contributed by atoms with Gasteiger partial charge in [-0.1, -0.05) is 41.7 Å². The highest BCUT2D eigenvalue weighted by Gasteiger charge is 2.12. The lowest BCUT2D eigenvalue weighted by Crippen LogP contribution is -2.12. The van der Waals surface area contributed by atoms with E-state index in [4.69, 9.17) is 4.74 Å². The van der Waals surface area contributed by atoms with Gasteiger partial charge in [0.25, 0.3) is 0 Å². The number of para-hydroxylation sites is 1. The van der Waals surface area contributed by atoms with Crippen molar-refractivity contribution in [2.24, 2.45) is 7.05 Å². The number of amides is 1. The molecular weight excluding hydrogens is 384 g/mol. The van der Waals surface area contributed by atoms with Crippen LogP contribution in [0.4, 0.5) is 5.13 Å². The highest BCUT2D eigenvalue weighted by atomic mass is 32.1. The van der Waals surface area contributed by atoms with Gasteiger partial charge in [-0.25, -0.2) is 0 Å². The molecule has 148 valence electrons. The third kappa shape index (κ3) is 4.46. The number of methoxy groups -OCH3 is 1. The minimum absolute atomic E-state index is 0.0614. The molecule has 0 aliphatic carbocycles. The fourth-order valence-electron chi connectivity index (χ4n) is 3.34. The zero-order chi connectivity index (χ0) is 20.2. The fourth-order valence-corrected chi connectivity index (χ4v) is 4.12. The van der Waals surface area contributed by atoms with E-state index in [1.165, 1.54) is 27.8 Å². The summed E-state index contributed by atoms with van der Waals surface area (Å²) in [6.45, 7) is 0. The summed E-state index contributed by atoms with van der Waals surface area (Å²) in [5.41, 5.74) is 3.49. The van der Waals surface area contributed by atoms with E-state index in [0.29, 0.717) is 24.4 Å². The second-order valence-corrected chi connectivity index (χ2v) is 7.92. The maximum Gasteiger partial charge on any atom is 0.226 e. The maximum atomic E-state index is 12.3. The third-order valence-electron chi connectivity index (χ3n) is 4.83. The van der Waals surface area contributed by atoms with E-state index in [0.717, 1.165) is 16.3 Å². The summed E-state index contributed by atoms with van der Waals surface area (Å²) in [6, 6.07) is 16.0. The molecule has 4 aromatic rings. The highest BCUT2D eigenvalue weighted by Crippen LogP contribution is 2.25. The van der Waals surface area contributed by atoms with E-state index in [1.807, 2.05) is 43.4 Å². The van der Waals surface area contributed by atoms with Crippen LogP contribution < -0.4 is 10.1 Å². The number of carbonyl (C=O) groups is 1. The minimum Gasteiger partial charge on any atom is -0.497 e. The van der Waals surface area contributed by atoms with Crippen LogP contribution in [-0.4, -0.2) is 27.8 Å². The van der Waals surface area contributed by atoms with E-state index < -0.39 is 0 Å². The van der Waals surface area contributed by atoms with Crippen molar-refractivity contribution in [3.63, 3.8) is 0 Å². The van der Waals surface area contributed by atoms with Crippen molar-refractivity contribution >= 4 is 33.3 Å². The van der Waals surface area contributed by atoms with Gasteiger partial charge in [0.15, 0.2) is 0 Å². The molecule has 0 atom stereocenters. The molecule has 1 amide bonds. The van der Waals surface area contributed by atoms with Crippen molar-refractivity contribution in [3.8, 4) is 5.75 Å². The Morgan fingerprint density at radius 1 is 1.14 bits per heavy atom. The lowest BCUT2D eigenvalue weighted by Gasteiger charge is -2.03. The van der Waals surface area contributed by atoms with Gasteiger partial charge in [0.2, 0.25) is 11.0 Å². The van der Waals surface area contributed by atoms with Crippen molar-refractivity contribution in [1.29, 1.82) is 0 Å². The quantitative estimate of drug-likeness (QED) is 0.499. The van der Waals surface area contributed by atoms with E-state index in [-0.39, 0.29) is 5.91 Å². The zero-order valence-electron chi connectivity index (χ0n) is 16.4. The van der Waals surface area contributed by atoms with Gasteiger partial charge in [0.05, 0.1) is 7.11 Å². The number of rotatable bonds is 7. The second-order valence-electron chi connectivity index (χ2n) is 6.86. The van der Waals surface area contributed by atoms with Gasteiger partial charge < -0.3 is 14.6 Å². The van der Waals surface area contributed by atoms with Gasteiger partial charge in [-0.3, -0.25) is 4.79 Å². The van der Waals surface area contributed by atoms with Crippen molar-refractivity contribution in [2.45, 2.75) is 19.3 Å². The normalized spacial score (nSPS) is 11.0. The van der Waals surface area contributed by atoms with Crippen molar-refractivity contribution < 1.29 is 9.53 Å². The topological polar surface area (TPSA) is 69.0 Å². The molecule has 0 bridgehead atoms. The minimum atomic E-state index is -0.0614. The number of aryl methyl sites for hydroxylation is 2. The number of anilines is 1. The molecular formula is C22H22N4O2S. The third-order valence-corrected chi connectivity index (χ3v) is 5.67. The first-order valence-corrected chi connectivity index (χ1v) is 10.2. The zero-order valence-corrected chi connectivity index (χ0v) is 17.2. The Labute approximate surface area is 173 Å². The molecule has 0 saturated carbocycles. The summed E-state index contributed by atoms with van der Waals surface area (Å²) in [5.74, 6) is 0.750. The van der Waals surface area contributed by atoms with Crippen LogP contribution in [0.5, 0.6) is 5.75 Å². The average Bonchev–Trinajstić information content (AvgIpc) is 3.31. The van der Waals surface area contributed by atoms with Gasteiger partial charge in [-0.15, -0.1) is 10.2 Å². The maximum absolute atomic E-state index is 12.3. The second kappa shape index (κ2) is 8.45. The standard InChI is InChI=1S/C22H22N4O2S/c1-26-14-16(18-5-3-4-6-19(18)26)13-21-24-25-22(29-21)23-20(27)12-9-15-7-10-17(28-2)11-8-15/h3-8,10-11,14H,9,12-13H2,1-2H3,(H,23,25,27). The molecule has 2 aromatic heterocycles. The molecule has 1 N–H and O–H groups in total. The Kier molecular flexibility index (Phi) is 5.57. The molecule has 0 saturated heterocycles. The molecule has 0 aliphatic heterocycles. The number of fused-ring (bicyclic) bond motifs is 1.